The molecule has 0 unspecified atom stereocenters. The first kappa shape index (κ1) is 15.9. The summed E-state index contributed by atoms with van der Waals surface area (Å²) < 4.78 is 23.0. The van der Waals surface area contributed by atoms with Gasteiger partial charge in [-0.2, -0.15) is 0 Å². The molecule has 0 bridgehead atoms. The fourth-order valence-electron chi connectivity index (χ4n) is 2.46. The molecule has 0 radical (unpaired) electrons. The van der Waals surface area contributed by atoms with Gasteiger partial charge in [-0.1, -0.05) is 20.3 Å². The van der Waals surface area contributed by atoms with Gasteiger partial charge in [0.25, 0.3) is 0 Å². The van der Waals surface area contributed by atoms with Crippen molar-refractivity contribution in [3.63, 3.8) is 0 Å². The molecular weight excluding hydrogens is 270 g/mol. The van der Waals surface area contributed by atoms with Crippen molar-refractivity contribution in [2.24, 2.45) is 0 Å². The average Bonchev–Trinajstić information content (AvgIpc) is 2.68. The minimum Gasteiger partial charge on any atom is -0.480 e. The number of rotatable bonds is 6. The second-order valence-electron chi connectivity index (χ2n) is 4.85. The molecule has 2 atom stereocenters. The third kappa shape index (κ3) is 3.92. The maximum absolute atomic E-state index is 12.0. The van der Waals surface area contributed by atoms with Gasteiger partial charge in [0.05, 0.1) is 11.5 Å². The summed E-state index contributed by atoms with van der Waals surface area (Å²) in [5, 5.41) is 9.27. The average molecular weight is 291 g/mol. The topological polar surface area (TPSA) is 91.8 Å². The number of nitrogens with zero attached hydrogens (tertiary/aromatic N) is 1. The lowest BCUT2D eigenvalue weighted by molar-refractivity contribution is -0.152. The first-order chi connectivity index (χ1) is 8.82. The van der Waals surface area contributed by atoms with Gasteiger partial charge in [-0.05, 0) is 12.8 Å². The minimum absolute atomic E-state index is 0.0314. The molecule has 0 saturated carbocycles. The standard InChI is InChI=1S/C12H21NO5S/c1-3-5-10(12(15)16)13(11(14)4-2)9-6-7-19(17,18)8-9/h9-10H,3-8H2,1-2H3,(H,15,16)/t9-,10+/m1/s1. The Morgan fingerprint density at radius 1 is 1.37 bits per heavy atom. The van der Waals surface area contributed by atoms with Gasteiger partial charge >= 0.3 is 5.97 Å². The van der Waals surface area contributed by atoms with Crippen LogP contribution in [0.1, 0.15) is 39.5 Å². The molecule has 19 heavy (non-hydrogen) atoms. The summed E-state index contributed by atoms with van der Waals surface area (Å²) in [5.41, 5.74) is 0. The van der Waals surface area contributed by atoms with E-state index in [-0.39, 0.29) is 23.8 Å². The van der Waals surface area contributed by atoms with Gasteiger partial charge in [-0.15, -0.1) is 0 Å². The molecule has 1 fully saturated rings. The Morgan fingerprint density at radius 3 is 2.37 bits per heavy atom. The summed E-state index contributed by atoms with van der Waals surface area (Å²) in [4.78, 5) is 24.6. The second-order valence-corrected chi connectivity index (χ2v) is 7.08. The number of carboxylic acid groups (broad SMARTS) is 1. The van der Waals surface area contributed by atoms with E-state index in [1.807, 2.05) is 6.92 Å². The first-order valence-corrected chi connectivity index (χ1v) is 8.39. The van der Waals surface area contributed by atoms with Crippen molar-refractivity contribution >= 4 is 21.7 Å². The van der Waals surface area contributed by atoms with Gasteiger partial charge in [0.1, 0.15) is 6.04 Å². The zero-order chi connectivity index (χ0) is 14.6. The summed E-state index contributed by atoms with van der Waals surface area (Å²) >= 11 is 0. The van der Waals surface area contributed by atoms with E-state index in [9.17, 15) is 23.1 Å². The van der Waals surface area contributed by atoms with Crippen LogP contribution in [0.25, 0.3) is 0 Å². The molecule has 1 saturated heterocycles. The summed E-state index contributed by atoms with van der Waals surface area (Å²) in [6.07, 6.45) is 1.49. The molecule has 1 aliphatic rings. The Kier molecular flexibility index (Phi) is 5.34. The molecule has 0 aromatic heterocycles. The summed E-state index contributed by atoms with van der Waals surface area (Å²) in [5.74, 6) is -1.44. The fourth-order valence-corrected chi connectivity index (χ4v) is 4.18. The highest BCUT2D eigenvalue weighted by Gasteiger charge is 2.39. The van der Waals surface area contributed by atoms with Gasteiger partial charge in [-0.25, -0.2) is 13.2 Å². The SMILES string of the molecule is CCC[C@@H](C(=O)O)N(C(=O)CC)[C@@H]1CCS(=O)(=O)C1. The lowest BCUT2D eigenvalue weighted by Crippen LogP contribution is -2.51. The largest absolute Gasteiger partial charge is 0.480 e. The van der Waals surface area contributed by atoms with E-state index in [0.29, 0.717) is 19.3 Å². The lowest BCUT2D eigenvalue weighted by atomic mass is 10.1. The van der Waals surface area contributed by atoms with Gasteiger partial charge in [-0.3, -0.25) is 4.79 Å². The molecule has 0 spiro atoms. The number of carboxylic acids is 1. The number of amides is 1. The van der Waals surface area contributed by atoms with E-state index in [1.54, 1.807) is 6.92 Å². The van der Waals surface area contributed by atoms with Crippen LogP contribution in [0.2, 0.25) is 0 Å². The molecule has 0 aromatic carbocycles. The number of sulfone groups is 1. The van der Waals surface area contributed by atoms with Gasteiger partial charge in [0.15, 0.2) is 9.84 Å². The zero-order valence-electron chi connectivity index (χ0n) is 11.3. The van der Waals surface area contributed by atoms with E-state index >= 15 is 0 Å². The maximum Gasteiger partial charge on any atom is 0.326 e. The Bertz CT molecular complexity index is 445. The molecule has 1 N–H and O–H groups in total. The second kappa shape index (κ2) is 6.36. The molecule has 1 aliphatic heterocycles. The van der Waals surface area contributed by atoms with Crippen LogP contribution in [0.3, 0.4) is 0 Å². The molecular formula is C12H21NO5S. The number of aliphatic carboxylic acids is 1. The predicted molar refractivity (Wildman–Crippen MR) is 70.5 cm³/mol. The van der Waals surface area contributed by atoms with E-state index in [4.69, 9.17) is 0 Å². The van der Waals surface area contributed by atoms with Crippen molar-refractivity contribution < 1.29 is 23.1 Å². The number of carbonyl (C=O) groups excluding carboxylic acids is 1. The monoisotopic (exact) mass is 291 g/mol. The maximum atomic E-state index is 12.0. The molecule has 110 valence electrons. The van der Waals surface area contributed by atoms with Crippen molar-refractivity contribution in [2.45, 2.75) is 51.6 Å². The Balaban J connectivity index is 3.00. The molecule has 1 heterocycles. The Morgan fingerprint density at radius 2 is 2.00 bits per heavy atom. The van der Waals surface area contributed by atoms with Crippen LogP contribution < -0.4 is 0 Å². The smallest absolute Gasteiger partial charge is 0.326 e. The highest BCUT2D eigenvalue weighted by atomic mass is 32.2. The van der Waals surface area contributed by atoms with Crippen molar-refractivity contribution in [1.29, 1.82) is 0 Å². The Labute approximate surface area is 113 Å². The van der Waals surface area contributed by atoms with Crippen LogP contribution in [0, 0.1) is 0 Å². The normalized spacial score (nSPS) is 22.9. The number of carbonyl (C=O) groups is 2. The molecule has 6 nitrogen and oxygen atoms in total. The van der Waals surface area contributed by atoms with E-state index in [0.717, 1.165) is 0 Å². The molecule has 0 aromatic rings. The third-order valence-electron chi connectivity index (χ3n) is 3.38. The van der Waals surface area contributed by atoms with Crippen molar-refractivity contribution in [3.05, 3.63) is 0 Å². The molecule has 0 aliphatic carbocycles. The Hall–Kier alpha value is -1.11. The lowest BCUT2D eigenvalue weighted by Gasteiger charge is -2.33. The fraction of sp³-hybridized carbons (Fsp3) is 0.833. The third-order valence-corrected chi connectivity index (χ3v) is 5.13. The van der Waals surface area contributed by atoms with Crippen LogP contribution in [-0.4, -0.2) is 53.9 Å². The first-order valence-electron chi connectivity index (χ1n) is 6.56. The highest BCUT2D eigenvalue weighted by molar-refractivity contribution is 7.91. The van der Waals surface area contributed by atoms with Gasteiger partial charge in [0, 0.05) is 12.5 Å². The van der Waals surface area contributed by atoms with Crippen LogP contribution in [0.4, 0.5) is 0 Å². The van der Waals surface area contributed by atoms with E-state index < -0.39 is 27.9 Å². The molecule has 1 amide bonds. The highest BCUT2D eigenvalue weighted by Crippen LogP contribution is 2.23. The van der Waals surface area contributed by atoms with Crippen molar-refractivity contribution in [3.8, 4) is 0 Å². The summed E-state index contributed by atoms with van der Waals surface area (Å²) in [7, 11) is -3.14. The zero-order valence-corrected chi connectivity index (χ0v) is 12.1. The van der Waals surface area contributed by atoms with E-state index in [2.05, 4.69) is 0 Å². The van der Waals surface area contributed by atoms with E-state index in [1.165, 1.54) is 4.90 Å². The number of hydrogen-bond acceptors (Lipinski definition) is 4. The number of hydrogen-bond donors (Lipinski definition) is 1. The van der Waals surface area contributed by atoms with Crippen molar-refractivity contribution in [1.82, 2.24) is 4.90 Å². The predicted octanol–water partition coefficient (Wildman–Crippen LogP) is 0.665. The minimum atomic E-state index is -3.14. The quantitative estimate of drug-likeness (QED) is 0.776. The molecule has 7 heteroatoms. The van der Waals surface area contributed by atoms with Crippen LogP contribution in [-0.2, 0) is 19.4 Å². The van der Waals surface area contributed by atoms with Crippen LogP contribution in [0.5, 0.6) is 0 Å². The summed E-state index contributed by atoms with van der Waals surface area (Å²) in [6, 6.07) is -1.42. The van der Waals surface area contributed by atoms with Crippen molar-refractivity contribution in [2.75, 3.05) is 11.5 Å². The van der Waals surface area contributed by atoms with Gasteiger partial charge in [0.2, 0.25) is 5.91 Å². The molecule has 1 rings (SSSR count). The van der Waals surface area contributed by atoms with Crippen LogP contribution in [0.15, 0.2) is 0 Å². The van der Waals surface area contributed by atoms with Crippen LogP contribution >= 0.6 is 0 Å². The van der Waals surface area contributed by atoms with Gasteiger partial charge < -0.3 is 10.0 Å². The summed E-state index contributed by atoms with van der Waals surface area (Å²) in [6.45, 7) is 3.50.